The summed E-state index contributed by atoms with van der Waals surface area (Å²) in [5.41, 5.74) is 0. The molecule has 0 saturated carbocycles. The SMILES string of the molecule is Cl.Cl.Cl.Cl.Clc1cc2c(cc1Cl)Oc1cc(Cl)c(Cl)cc1O2.Clc1cc2c(cc1Cl)Oc1cc(Cl)c(Cl)cc1O2.Clc1cc2c(cc1Cl)Oc1cc(Cl)c(Cl)cc1O2.Clc1cc2c(cc1Cl)Oc1cc(Cl)c(Cl)cc1O2. The first-order valence-electron chi connectivity index (χ1n) is 19.5. The molecule has 0 aromatic heterocycles. The van der Waals surface area contributed by atoms with Crippen LogP contribution in [-0.4, -0.2) is 0 Å². The van der Waals surface area contributed by atoms with E-state index in [1.807, 2.05) is 0 Å². The molecule has 0 saturated heterocycles. The third-order valence-electron chi connectivity index (χ3n) is 9.65. The first-order chi connectivity index (χ1) is 34.2. The Balaban J connectivity index is 0.000000184. The van der Waals surface area contributed by atoms with Crippen LogP contribution < -0.4 is 37.9 Å². The van der Waals surface area contributed by atoms with Crippen molar-refractivity contribution in [1.82, 2.24) is 0 Å². The van der Waals surface area contributed by atoms with E-state index in [4.69, 9.17) is 224 Å². The van der Waals surface area contributed by atoms with Gasteiger partial charge in [-0.15, -0.1) is 49.6 Å². The summed E-state index contributed by atoms with van der Waals surface area (Å²) in [5.74, 6) is 7.71. The van der Waals surface area contributed by atoms with Crippen molar-refractivity contribution in [3.63, 3.8) is 0 Å². The van der Waals surface area contributed by atoms with E-state index in [9.17, 15) is 0 Å². The van der Waals surface area contributed by atoms with Gasteiger partial charge in [0.25, 0.3) is 0 Å². The van der Waals surface area contributed by atoms with Gasteiger partial charge in [0.05, 0.1) is 80.4 Å². The number of fused-ring (bicyclic) bond motifs is 8. The molecular weight excluding hydrogens is 1410 g/mol. The molecular formula is C48H20Cl20O8. The van der Waals surface area contributed by atoms with Gasteiger partial charge in [-0.1, -0.05) is 186 Å². The zero-order valence-corrected chi connectivity index (χ0v) is 51.5. The van der Waals surface area contributed by atoms with Crippen molar-refractivity contribution >= 4 is 235 Å². The summed E-state index contributed by atoms with van der Waals surface area (Å²) < 4.78 is 45.1. The van der Waals surface area contributed by atoms with E-state index in [1.54, 1.807) is 97.1 Å². The van der Waals surface area contributed by atoms with Gasteiger partial charge >= 0.3 is 0 Å². The topological polar surface area (TPSA) is 73.8 Å². The Morgan fingerprint density at radius 2 is 0.184 bits per heavy atom. The van der Waals surface area contributed by atoms with E-state index in [0.29, 0.717) is 172 Å². The highest BCUT2D eigenvalue weighted by atomic mass is 35.5. The lowest BCUT2D eigenvalue weighted by Crippen LogP contribution is -1.99. The molecule has 12 rings (SSSR count). The van der Waals surface area contributed by atoms with Gasteiger partial charge in [0.1, 0.15) is 0 Å². The zero-order chi connectivity index (χ0) is 51.4. The van der Waals surface area contributed by atoms with Gasteiger partial charge in [-0.25, -0.2) is 0 Å². The largest absolute Gasteiger partial charge is 0.449 e. The fourth-order valence-corrected chi connectivity index (χ4v) is 8.76. The quantitative estimate of drug-likeness (QED) is 0.149. The summed E-state index contributed by atoms with van der Waals surface area (Å²) in [6.07, 6.45) is 0. The van der Waals surface area contributed by atoms with Crippen LogP contribution in [0.1, 0.15) is 0 Å². The molecule has 0 unspecified atom stereocenters. The normalized spacial score (nSPS) is 11.6. The van der Waals surface area contributed by atoms with Gasteiger partial charge in [-0.05, 0) is 0 Å². The zero-order valence-electron chi connectivity index (χ0n) is 36.2. The molecule has 8 aromatic rings. The summed E-state index contributed by atoms with van der Waals surface area (Å²) in [6, 6.07) is 25.4. The van der Waals surface area contributed by atoms with Crippen LogP contribution in [-0.2, 0) is 0 Å². The number of hydrogen-bond acceptors (Lipinski definition) is 8. The molecule has 0 aliphatic carbocycles. The summed E-state index contributed by atoms with van der Waals surface area (Å²) >= 11 is 94.6. The fourth-order valence-electron chi connectivity index (χ4n) is 6.31. The van der Waals surface area contributed by atoms with Gasteiger partial charge in [0.2, 0.25) is 0 Å². The van der Waals surface area contributed by atoms with E-state index < -0.39 is 0 Å². The van der Waals surface area contributed by atoms with Crippen molar-refractivity contribution < 1.29 is 37.9 Å². The van der Waals surface area contributed by atoms with E-state index in [-0.39, 0.29) is 49.6 Å². The highest BCUT2D eigenvalue weighted by Crippen LogP contribution is 2.54. The standard InChI is InChI=1S/4C12H4Cl4O2.4ClH/c4*13-5-1-9-10(2-6(5)14)18-12-4-8(16)7(15)3-11(12)17-9;;;;/h4*1-4H;4*1H. The van der Waals surface area contributed by atoms with Crippen LogP contribution in [0.4, 0.5) is 0 Å². The molecule has 4 heterocycles. The van der Waals surface area contributed by atoms with Crippen LogP contribution in [0.25, 0.3) is 0 Å². The van der Waals surface area contributed by atoms with Crippen LogP contribution in [0.5, 0.6) is 92.0 Å². The molecule has 0 N–H and O–H groups in total. The van der Waals surface area contributed by atoms with Crippen LogP contribution in [0.2, 0.25) is 80.4 Å². The van der Waals surface area contributed by atoms with Gasteiger partial charge in [-0.2, -0.15) is 0 Å². The average molecular weight is 1430 g/mol. The van der Waals surface area contributed by atoms with E-state index >= 15 is 0 Å². The molecule has 0 radical (unpaired) electrons. The second-order valence-corrected chi connectivity index (χ2v) is 21.0. The number of benzene rings is 8. The third-order valence-corrected chi connectivity index (χ3v) is 15.4. The molecule has 0 fully saturated rings. The lowest BCUT2D eigenvalue weighted by Gasteiger charge is -2.21. The maximum Gasteiger partial charge on any atom is 0.171 e. The van der Waals surface area contributed by atoms with Crippen molar-refractivity contribution in [2.75, 3.05) is 0 Å². The van der Waals surface area contributed by atoms with Crippen molar-refractivity contribution in [3.8, 4) is 92.0 Å². The van der Waals surface area contributed by atoms with Gasteiger partial charge < -0.3 is 37.9 Å². The van der Waals surface area contributed by atoms with Crippen molar-refractivity contribution in [3.05, 3.63) is 177 Å². The summed E-state index contributed by atoms with van der Waals surface area (Å²) in [7, 11) is 0. The molecule has 0 atom stereocenters. The number of hydrogen-bond donors (Lipinski definition) is 0. The van der Waals surface area contributed by atoms with E-state index in [0.717, 1.165) is 0 Å². The Kier molecular flexibility index (Phi) is 23.1. The van der Waals surface area contributed by atoms with Gasteiger partial charge in [0.15, 0.2) is 92.0 Å². The monoisotopic (exact) mass is 1420 g/mol. The average Bonchev–Trinajstić information content (AvgIpc) is 3.31. The highest BCUT2D eigenvalue weighted by molar-refractivity contribution is 6.46. The predicted octanol–water partition coefficient (Wildman–Crippen LogP) is 26.5. The smallest absolute Gasteiger partial charge is 0.171 e. The van der Waals surface area contributed by atoms with Crippen LogP contribution >= 0.6 is 235 Å². The molecule has 0 amide bonds. The Morgan fingerprint density at radius 1 is 0.132 bits per heavy atom. The van der Waals surface area contributed by atoms with Gasteiger partial charge in [-0.3, -0.25) is 0 Å². The lowest BCUT2D eigenvalue weighted by atomic mass is 10.2. The number of rotatable bonds is 0. The maximum atomic E-state index is 5.91. The molecule has 0 bridgehead atoms. The van der Waals surface area contributed by atoms with Crippen LogP contribution in [0.3, 0.4) is 0 Å². The van der Waals surface area contributed by atoms with E-state index in [1.165, 1.54) is 0 Å². The Hall–Kier alpha value is -2.04. The highest BCUT2D eigenvalue weighted by Gasteiger charge is 2.26. The minimum absolute atomic E-state index is 0. The fraction of sp³-hybridized carbons (Fsp3) is 0. The minimum Gasteiger partial charge on any atom is -0.449 e. The maximum absolute atomic E-state index is 5.91. The molecule has 28 heteroatoms. The Bertz CT molecular complexity index is 2640. The molecule has 0 spiro atoms. The molecule has 8 nitrogen and oxygen atoms in total. The first-order valence-corrected chi connectivity index (χ1v) is 25.6. The molecule has 4 aliphatic rings. The van der Waals surface area contributed by atoms with Crippen molar-refractivity contribution in [2.24, 2.45) is 0 Å². The van der Waals surface area contributed by atoms with Gasteiger partial charge in [0, 0.05) is 97.1 Å². The number of ether oxygens (including phenoxy) is 8. The Labute approximate surface area is 536 Å². The van der Waals surface area contributed by atoms with Crippen LogP contribution in [0.15, 0.2) is 97.1 Å². The first kappa shape index (κ1) is 64.8. The van der Waals surface area contributed by atoms with Crippen molar-refractivity contribution in [1.29, 1.82) is 0 Å². The second kappa shape index (κ2) is 27.2. The lowest BCUT2D eigenvalue weighted by molar-refractivity contribution is 0.359. The summed E-state index contributed by atoms with van der Waals surface area (Å²) in [5, 5.41) is 6.26. The molecule has 400 valence electrons. The predicted molar refractivity (Wildman–Crippen MR) is 321 cm³/mol. The van der Waals surface area contributed by atoms with Crippen LogP contribution in [0, 0.1) is 0 Å². The van der Waals surface area contributed by atoms with Crippen molar-refractivity contribution in [2.45, 2.75) is 0 Å². The summed E-state index contributed by atoms with van der Waals surface area (Å²) in [4.78, 5) is 0. The third kappa shape index (κ3) is 14.5. The summed E-state index contributed by atoms with van der Waals surface area (Å²) in [6.45, 7) is 0. The molecule has 76 heavy (non-hydrogen) atoms. The second-order valence-electron chi connectivity index (χ2n) is 14.5. The van der Waals surface area contributed by atoms with E-state index in [2.05, 4.69) is 0 Å². The number of halogens is 20. The Morgan fingerprint density at radius 3 is 0.237 bits per heavy atom. The minimum atomic E-state index is 0. The molecule has 4 aliphatic heterocycles. The molecule has 8 aromatic carbocycles.